The van der Waals surface area contributed by atoms with E-state index >= 15 is 0 Å². The summed E-state index contributed by atoms with van der Waals surface area (Å²) >= 11 is 5.59. The predicted molar refractivity (Wildman–Crippen MR) is 64.0 cm³/mol. The summed E-state index contributed by atoms with van der Waals surface area (Å²) < 4.78 is 37.3. The fraction of sp³-hybridized carbons (Fsp3) is 0.333. The second-order valence-electron chi connectivity index (χ2n) is 3.53. The third-order valence-electron chi connectivity index (χ3n) is 2.17. The van der Waals surface area contributed by atoms with Crippen LogP contribution in [0.3, 0.4) is 0 Å². The van der Waals surface area contributed by atoms with Gasteiger partial charge in [-0.3, -0.25) is 0 Å². The Morgan fingerprint density at radius 3 is 2.59 bits per heavy atom. The van der Waals surface area contributed by atoms with Crippen molar-refractivity contribution < 1.29 is 13.2 Å². The van der Waals surface area contributed by atoms with Gasteiger partial charge in [0.15, 0.2) is 0 Å². The minimum Gasteiger partial charge on any atom is -0.319 e. The van der Waals surface area contributed by atoms with Crippen LogP contribution < -0.4 is 5.32 Å². The Hall–Kier alpha value is -1.00. The molecule has 0 aliphatic rings. The zero-order valence-electron chi connectivity index (χ0n) is 9.31. The van der Waals surface area contributed by atoms with Crippen LogP contribution in [0.1, 0.15) is 17.5 Å². The molecule has 0 radical (unpaired) electrons. The third kappa shape index (κ3) is 4.40. The lowest BCUT2D eigenvalue weighted by Crippen LogP contribution is -2.06. The Kier molecular flexibility index (Phi) is 5.02. The largest absolute Gasteiger partial charge is 0.417 e. The number of nitrogens with one attached hydrogen (secondary N) is 1. The van der Waals surface area contributed by atoms with Gasteiger partial charge in [0.1, 0.15) is 0 Å². The van der Waals surface area contributed by atoms with Crippen LogP contribution in [0.2, 0.25) is 5.02 Å². The lowest BCUT2D eigenvalue weighted by molar-refractivity contribution is -0.137. The topological polar surface area (TPSA) is 12.0 Å². The molecule has 0 saturated carbocycles. The van der Waals surface area contributed by atoms with Gasteiger partial charge in [-0.15, -0.1) is 0 Å². The van der Waals surface area contributed by atoms with Crippen LogP contribution in [0.15, 0.2) is 24.3 Å². The number of rotatable bonds is 4. The molecule has 17 heavy (non-hydrogen) atoms. The van der Waals surface area contributed by atoms with Crippen molar-refractivity contribution in [3.8, 4) is 0 Å². The molecule has 1 rings (SSSR count). The van der Waals surface area contributed by atoms with Crippen molar-refractivity contribution in [2.75, 3.05) is 13.6 Å². The fourth-order valence-corrected chi connectivity index (χ4v) is 1.61. The summed E-state index contributed by atoms with van der Waals surface area (Å²) in [6, 6.07) is 3.73. The molecule has 0 spiro atoms. The predicted octanol–water partition coefficient (Wildman–Crippen LogP) is 3.98. The van der Waals surface area contributed by atoms with E-state index in [4.69, 9.17) is 11.6 Å². The molecule has 1 N–H and O–H groups in total. The van der Waals surface area contributed by atoms with Crippen LogP contribution in [-0.2, 0) is 6.18 Å². The molecule has 0 aromatic heterocycles. The van der Waals surface area contributed by atoms with Gasteiger partial charge in [-0.2, -0.15) is 13.2 Å². The second-order valence-corrected chi connectivity index (χ2v) is 3.94. The number of benzene rings is 1. The molecule has 5 heteroatoms. The molecule has 0 atom stereocenters. The third-order valence-corrected chi connectivity index (χ3v) is 2.48. The van der Waals surface area contributed by atoms with E-state index in [9.17, 15) is 13.2 Å². The molecule has 1 nitrogen and oxygen atoms in total. The van der Waals surface area contributed by atoms with Crippen molar-refractivity contribution in [1.82, 2.24) is 5.32 Å². The highest BCUT2D eigenvalue weighted by molar-refractivity contribution is 6.31. The highest BCUT2D eigenvalue weighted by Crippen LogP contribution is 2.35. The molecule has 0 unspecified atom stereocenters. The molecule has 1 aromatic rings. The van der Waals surface area contributed by atoms with Crippen LogP contribution in [0, 0.1) is 0 Å². The van der Waals surface area contributed by atoms with Gasteiger partial charge < -0.3 is 5.32 Å². The van der Waals surface area contributed by atoms with Gasteiger partial charge in [-0.1, -0.05) is 29.8 Å². The van der Waals surface area contributed by atoms with Crippen molar-refractivity contribution in [3.05, 3.63) is 40.4 Å². The first kappa shape index (κ1) is 14.1. The first-order chi connectivity index (χ1) is 7.95. The smallest absolute Gasteiger partial charge is 0.319 e. The summed E-state index contributed by atoms with van der Waals surface area (Å²) in [5.74, 6) is 0. The molecule has 0 aliphatic heterocycles. The van der Waals surface area contributed by atoms with Crippen LogP contribution in [0.5, 0.6) is 0 Å². The maximum atomic E-state index is 12.4. The molecular formula is C12H13ClF3N. The molecule has 0 amide bonds. The van der Waals surface area contributed by atoms with E-state index in [0.717, 1.165) is 19.0 Å². The molecular weight excluding hydrogens is 251 g/mol. The molecule has 0 aliphatic carbocycles. The summed E-state index contributed by atoms with van der Waals surface area (Å²) in [4.78, 5) is 0. The molecule has 0 saturated heterocycles. The quantitative estimate of drug-likeness (QED) is 0.810. The van der Waals surface area contributed by atoms with Gasteiger partial charge in [-0.05, 0) is 37.7 Å². The highest BCUT2D eigenvalue weighted by Gasteiger charge is 2.32. The van der Waals surface area contributed by atoms with Crippen molar-refractivity contribution in [1.29, 1.82) is 0 Å². The maximum Gasteiger partial charge on any atom is 0.417 e. The van der Waals surface area contributed by atoms with Crippen molar-refractivity contribution >= 4 is 17.7 Å². The van der Waals surface area contributed by atoms with E-state index in [1.54, 1.807) is 6.08 Å². The van der Waals surface area contributed by atoms with E-state index in [1.807, 2.05) is 13.1 Å². The normalized spacial score (nSPS) is 12.3. The van der Waals surface area contributed by atoms with E-state index in [1.165, 1.54) is 12.1 Å². The van der Waals surface area contributed by atoms with Gasteiger partial charge in [0.2, 0.25) is 0 Å². The summed E-state index contributed by atoms with van der Waals surface area (Å²) in [6.07, 6.45) is 0.0550. The Morgan fingerprint density at radius 2 is 2.06 bits per heavy atom. The summed E-state index contributed by atoms with van der Waals surface area (Å²) in [5.41, 5.74) is -0.134. The number of hydrogen-bond acceptors (Lipinski definition) is 1. The van der Waals surface area contributed by atoms with E-state index in [2.05, 4.69) is 5.32 Å². The highest BCUT2D eigenvalue weighted by atomic mass is 35.5. The zero-order chi connectivity index (χ0) is 12.9. The fourth-order valence-electron chi connectivity index (χ4n) is 1.31. The van der Waals surface area contributed by atoms with Crippen LogP contribution >= 0.6 is 11.6 Å². The lowest BCUT2D eigenvalue weighted by Gasteiger charge is -2.08. The van der Waals surface area contributed by atoms with Crippen molar-refractivity contribution in [2.45, 2.75) is 12.6 Å². The SMILES string of the molecule is CNCCC=Cc1ccc(C(F)(F)F)c(Cl)c1. The average Bonchev–Trinajstić information content (AvgIpc) is 2.23. The Balaban J connectivity index is 2.79. The van der Waals surface area contributed by atoms with Crippen molar-refractivity contribution in [2.24, 2.45) is 0 Å². The van der Waals surface area contributed by atoms with Gasteiger partial charge in [0.05, 0.1) is 10.6 Å². The van der Waals surface area contributed by atoms with Crippen molar-refractivity contribution in [3.63, 3.8) is 0 Å². The van der Waals surface area contributed by atoms with Gasteiger partial charge >= 0.3 is 6.18 Å². The molecule has 0 fully saturated rings. The van der Waals surface area contributed by atoms with E-state index in [-0.39, 0.29) is 5.02 Å². The van der Waals surface area contributed by atoms with Crippen LogP contribution in [-0.4, -0.2) is 13.6 Å². The molecule has 1 aromatic carbocycles. The van der Waals surface area contributed by atoms with Crippen LogP contribution in [0.25, 0.3) is 6.08 Å². The molecule has 94 valence electrons. The molecule has 0 heterocycles. The average molecular weight is 264 g/mol. The van der Waals surface area contributed by atoms with Gasteiger partial charge in [-0.25, -0.2) is 0 Å². The zero-order valence-corrected chi connectivity index (χ0v) is 10.1. The standard InChI is InChI=1S/C12H13ClF3N/c1-17-7-3-2-4-9-5-6-10(11(13)8-9)12(14,15)16/h2,4-6,8,17H,3,7H2,1H3. The van der Waals surface area contributed by atoms with Gasteiger partial charge in [0, 0.05) is 0 Å². The molecule has 0 bridgehead atoms. The Morgan fingerprint density at radius 1 is 1.35 bits per heavy atom. The number of alkyl halides is 3. The summed E-state index contributed by atoms with van der Waals surface area (Å²) in [5, 5.41) is 2.70. The minimum atomic E-state index is -4.40. The van der Waals surface area contributed by atoms with E-state index in [0.29, 0.717) is 5.56 Å². The van der Waals surface area contributed by atoms with E-state index < -0.39 is 11.7 Å². The van der Waals surface area contributed by atoms with Gasteiger partial charge in [0.25, 0.3) is 0 Å². The number of hydrogen-bond donors (Lipinski definition) is 1. The Labute approximate surface area is 103 Å². The maximum absolute atomic E-state index is 12.4. The second kappa shape index (κ2) is 6.07. The Bertz CT molecular complexity index is 399. The monoisotopic (exact) mass is 263 g/mol. The summed E-state index contributed by atoms with van der Waals surface area (Å²) in [6.45, 7) is 0.824. The first-order valence-corrected chi connectivity index (χ1v) is 5.51. The lowest BCUT2D eigenvalue weighted by atomic mass is 10.1. The van der Waals surface area contributed by atoms with Crippen LogP contribution in [0.4, 0.5) is 13.2 Å². The minimum absolute atomic E-state index is 0.270. The summed E-state index contributed by atoms with van der Waals surface area (Å²) in [7, 11) is 1.84. The number of halogens is 4. The first-order valence-electron chi connectivity index (χ1n) is 5.13.